The van der Waals surface area contributed by atoms with Gasteiger partial charge in [0, 0.05) is 23.8 Å². The molecule has 1 aliphatic rings. The summed E-state index contributed by atoms with van der Waals surface area (Å²) in [6.45, 7) is 2.14. The Morgan fingerprint density at radius 2 is 2.33 bits per heavy atom. The van der Waals surface area contributed by atoms with E-state index >= 15 is 0 Å². The molecule has 1 saturated heterocycles. The lowest BCUT2D eigenvalue weighted by Gasteiger charge is -2.15. The first-order chi connectivity index (χ1) is 5.86. The highest BCUT2D eigenvalue weighted by molar-refractivity contribution is 9.10. The van der Waals surface area contributed by atoms with Crippen molar-refractivity contribution in [3.8, 4) is 0 Å². The largest absolute Gasteiger partial charge is 0.356 e. The monoisotopic (exact) mass is 225 g/mol. The molecule has 0 unspecified atom stereocenters. The maximum atomic E-state index is 4.32. The second-order valence-corrected chi connectivity index (χ2v) is 3.77. The van der Waals surface area contributed by atoms with Crippen molar-refractivity contribution in [2.45, 2.75) is 6.42 Å². The average Bonchev–Trinajstić information content (AvgIpc) is 2.58. The summed E-state index contributed by atoms with van der Waals surface area (Å²) in [7, 11) is 0. The highest BCUT2D eigenvalue weighted by Crippen LogP contribution is 2.18. The molecule has 2 nitrogen and oxygen atoms in total. The zero-order chi connectivity index (χ0) is 8.39. The van der Waals surface area contributed by atoms with Crippen molar-refractivity contribution in [2.24, 2.45) is 0 Å². The predicted molar refractivity (Wildman–Crippen MR) is 53.1 cm³/mol. The summed E-state index contributed by atoms with van der Waals surface area (Å²) in [5, 5.41) is 0. The fourth-order valence-corrected chi connectivity index (χ4v) is 1.58. The first-order valence-corrected chi connectivity index (χ1v) is 4.84. The van der Waals surface area contributed by atoms with Gasteiger partial charge in [-0.3, -0.25) is 0 Å². The molecule has 12 heavy (non-hydrogen) atoms. The molecule has 0 spiro atoms. The van der Waals surface area contributed by atoms with Crippen LogP contribution < -0.4 is 4.90 Å². The van der Waals surface area contributed by atoms with Crippen LogP contribution in [0.1, 0.15) is 6.42 Å². The average molecular weight is 226 g/mol. The minimum atomic E-state index is 1.04. The Morgan fingerprint density at radius 1 is 1.42 bits per heavy atom. The molecule has 1 aromatic heterocycles. The Bertz CT molecular complexity index is 252. The Kier molecular flexibility index (Phi) is 2.30. The topological polar surface area (TPSA) is 16.1 Å². The van der Waals surface area contributed by atoms with Crippen molar-refractivity contribution in [3.05, 3.63) is 29.2 Å². The Morgan fingerprint density at radius 3 is 2.92 bits per heavy atom. The van der Waals surface area contributed by atoms with Crippen molar-refractivity contribution in [1.29, 1.82) is 0 Å². The second-order valence-electron chi connectivity index (χ2n) is 2.86. The third kappa shape index (κ3) is 1.61. The SMILES string of the molecule is Brc1ccc(N2C[CH]CC2)nc1. The van der Waals surface area contributed by atoms with Crippen LogP contribution in [0.2, 0.25) is 0 Å². The molecular weight excluding hydrogens is 216 g/mol. The zero-order valence-electron chi connectivity index (χ0n) is 6.70. The standard InChI is InChI=1S/C9H10BrN2/c10-8-3-4-9(11-7-8)12-5-1-2-6-12/h1,3-4,7H,2,5-6H2. The minimum Gasteiger partial charge on any atom is -0.356 e. The lowest BCUT2D eigenvalue weighted by atomic mass is 10.4. The Labute approximate surface area is 80.7 Å². The molecule has 1 aromatic rings. The van der Waals surface area contributed by atoms with E-state index in [2.05, 4.69) is 32.2 Å². The van der Waals surface area contributed by atoms with E-state index in [1.807, 2.05) is 18.3 Å². The van der Waals surface area contributed by atoms with Gasteiger partial charge in [0.1, 0.15) is 5.82 Å². The smallest absolute Gasteiger partial charge is 0.128 e. The van der Waals surface area contributed by atoms with Gasteiger partial charge in [0.2, 0.25) is 0 Å². The molecular formula is C9H10BrN2. The third-order valence-corrected chi connectivity index (χ3v) is 2.46. The van der Waals surface area contributed by atoms with Crippen molar-refractivity contribution in [2.75, 3.05) is 18.0 Å². The number of rotatable bonds is 1. The van der Waals surface area contributed by atoms with Crippen molar-refractivity contribution < 1.29 is 0 Å². The van der Waals surface area contributed by atoms with Gasteiger partial charge in [-0.25, -0.2) is 4.98 Å². The predicted octanol–water partition coefficient (Wildman–Crippen LogP) is 2.26. The molecule has 63 valence electrons. The number of anilines is 1. The molecule has 3 heteroatoms. The van der Waals surface area contributed by atoms with E-state index in [0.717, 1.165) is 23.4 Å². The molecule has 1 fully saturated rings. The number of pyridine rings is 1. The molecule has 1 aliphatic heterocycles. The van der Waals surface area contributed by atoms with Gasteiger partial charge < -0.3 is 4.90 Å². The van der Waals surface area contributed by atoms with Gasteiger partial charge in [-0.05, 0) is 40.9 Å². The maximum absolute atomic E-state index is 4.32. The van der Waals surface area contributed by atoms with Crippen LogP contribution in [-0.2, 0) is 0 Å². The number of hydrogen-bond donors (Lipinski definition) is 0. The van der Waals surface area contributed by atoms with Crippen LogP contribution in [0.15, 0.2) is 22.8 Å². The first-order valence-electron chi connectivity index (χ1n) is 4.04. The van der Waals surface area contributed by atoms with E-state index in [-0.39, 0.29) is 0 Å². The van der Waals surface area contributed by atoms with Gasteiger partial charge in [-0.2, -0.15) is 0 Å². The van der Waals surface area contributed by atoms with E-state index in [4.69, 9.17) is 0 Å². The quantitative estimate of drug-likeness (QED) is 0.730. The van der Waals surface area contributed by atoms with Crippen LogP contribution in [0, 0.1) is 6.42 Å². The molecule has 0 aromatic carbocycles. The molecule has 0 N–H and O–H groups in total. The molecule has 2 heterocycles. The fourth-order valence-electron chi connectivity index (χ4n) is 1.35. The van der Waals surface area contributed by atoms with Crippen LogP contribution in [-0.4, -0.2) is 18.1 Å². The van der Waals surface area contributed by atoms with Gasteiger partial charge in [0.05, 0.1) is 0 Å². The summed E-state index contributed by atoms with van der Waals surface area (Å²) >= 11 is 3.37. The van der Waals surface area contributed by atoms with Crippen LogP contribution in [0.25, 0.3) is 0 Å². The third-order valence-electron chi connectivity index (χ3n) is 1.99. The van der Waals surface area contributed by atoms with Gasteiger partial charge in [-0.1, -0.05) is 0 Å². The van der Waals surface area contributed by atoms with E-state index in [1.54, 1.807) is 0 Å². The maximum Gasteiger partial charge on any atom is 0.128 e. The fraction of sp³-hybridized carbons (Fsp3) is 0.333. The highest BCUT2D eigenvalue weighted by atomic mass is 79.9. The number of aromatic nitrogens is 1. The molecule has 0 saturated carbocycles. The van der Waals surface area contributed by atoms with Gasteiger partial charge in [0.25, 0.3) is 0 Å². The summed E-state index contributed by atoms with van der Waals surface area (Å²) in [6.07, 6.45) is 5.30. The number of nitrogens with zero attached hydrogens (tertiary/aromatic N) is 2. The summed E-state index contributed by atoms with van der Waals surface area (Å²) in [5.74, 6) is 1.08. The van der Waals surface area contributed by atoms with Crippen LogP contribution in [0.3, 0.4) is 0 Å². The molecule has 0 bridgehead atoms. The van der Waals surface area contributed by atoms with Crippen molar-refractivity contribution in [1.82, 2.24) is 4.98 Å². The first kappa shape index (κ1) is 8.05. The molecule has 0 aliphatic carbocycles. The Hall–Kier alpha value is -0.570. The number of hydrogen-bond acceptors (Lipinski definition) is 2. The normalized spacial score (nSPS) is 16.9. The second kappa shape index (κ2) is 3.44. The summed E-state index contributed by atoms with van der Waals surface area (Å²) in [6, 6.07) is 4.07. The van der Waals surface area contributed by atoms with Gasteiger partial charge in [0.15, 0.2) is 0 Å². The van der Waals surface area contributed by atoms with E-state index < -0.39 is 0 Å². The summed E-state index contributed by atoms with van der Waals surface area (Å²) in [4.78, 5) is 6.59. The Balaban J connectivity index is 2.17. The van der Waals surface area contributed by atoms with E-state index in [9.17, 15) is 0 Å². The molecule has 0 atom stereocenters. The van der Waals surface area contributed by atoms with Crippen molar-refractivity contribution in [3.63, 3.8) is 0 Å². The van der Waals surface area contributed by atoms with Gasteiger partial charge in [-0.15, -0.1) is 0 Å². The molecule has 2 rings (SSSR count). The summed E-state index contributed by atoms with van der Waals surface area (Å²) < 4.78 is 1.04. The highest BCUT2D eigenvalue weighted by Gasteiger charge is 2.12. The van der Waals surface area contributed by atoms with Gasteiger partial charge >= 0.3 is 0 Å². The zero-order valence-corrected chi connectivity index (χ0v) is 8.29. The van der Waals surface area contributed by atoms with E-state index in [1.165, 1.54) is 6.42 Å². The number of halogens is 1. The van der Waals surface area contributed by atoms with Crippen molar-refractivity contribution >= 4 is 21.7 Å². The summed E-state index contributed by atoms with van der Waals surface area (Å²) in [5.41, 5.74) is 0. The lowest BCUT2D eigenvalue weighted by molar-refractivity contribution is 0.937. The van der Waals surface area contributed by atoms with Crippen LogP contribution in [0.5, 0.6) is 0 Å². The minimum absolute atomic E-state index is 1.04. The lowest BCUT2D eigenvalue weighted by Crippen LogP contribution is -2.18. The molecule has 1 radical (unpaired) electrons. The van der Waals surface area contributed by atoms with E-state index in [0.29, 0.717) is 0 Å². The molecule has 0 amide bonds. The van der Waals surface area contributed by atoms with Crippen LogP contribution in [0.4, 0.5) is 5.82 Å². The van der Waals surface area contributed by atoms with Crippen LogP contribution >= 0.6 is 15.9 Å².